The maximum Gasteiger partial charge on any atom is 0.420 e. The van der Waals surface area contributed by atoms with E-state index in [1.54, 1.807) is 0 Å². The van der Waals surface area contributed by atoms with Crippen LogP contribution in [0.1, 0.15) is 37.5 Å². The van der Waals surface area contributed by atoms with Crippen molar-refractivity contribution in [1.29, 1.82) is 4.78 Å². The monoisotopic (exact) mass is 596 g/mol. The molecule has 3 N–H and O–H groups in total. The molecule has 0 spiro atoms. The Morgan fingerprint density at radius 1 is 1.12 bits per heavy atom. The number of amides is 1. The second-order valence-corrected chi connectivity index (χ2v) is 11.3. The summed E-state index contributed by atoms with van der Waals surface area (Å²) in [7, 11) is -2.97. The Balaban J connectivity index is 2.71. The highest BCUT2D eigenvalue weighted by molar-refractivity contribution is 7.92. The van der Waals surface area contributed by atoms with Gasteiger partial charge >= 0.3 is 18.4 Å². The first-order valence-electron chi connectivity index (χ1n) is 11.7. The van der Waals surface area contributed by atoms with Gasteiger partial charge in [-0.05, 0) is 50.2 Å². The van der Waals surface area contributed by atoms with Gasteiger partial charge in [-0.25, -0.2) is 13.4 Å². The van der Waals surface area contributed by atoms with Crippen molar-refractivity contribution in [2.45, 2.75) is 39.2 Å². The molecule has 0 radical (unpaired) electrons. The molecule has 0 aliphatic heterocycles. The van der Waals surface area contributed by atoms with Gasteiger partial charge in [-0.3, -0.25) is 14.7 Å². The highest BCUT2D eigenvalue weighted by atomic mass is 32.2. The lowest BCUT2D eigenvalue weighted by Gasteiger charge is -2.27. The Labute approximate surface area is 226 Å². The van der Waals surface area contributed by atoms with Crippen molar-refractivity contribution < 1.29 is 44.5 Å². The van der Waals surface area contributed by atoms with E-state index in [1.165, 1.54) is 32.9 Å². The summed E-state index contributed by atoms with van der Waals surface area (Å²) in [4.78, 5) is 17.9. The van der Waals surface area contributed by atoms with Crippen molar-refractivity contribution in [2.75, 3.05) is 23.0 Å². The number of alkyl halides is 6. The van der Waals surface area contributed by atoms with E-state index in [9.17, 15) is 39.7 Å². The maximum atomic E-state index is 14.1. The average Bonchev–Trinajstić information content (AvgIpc) is 2.84. The predicted octanol–water partition coefficient (Wildman–Crippen LogP) is 6.71. The first-order valence-corrected chi connectivity index (χ1v) is 13.6. The molecule has 220 valence electrons. The number of aliphatic imine (C=N–C) groups is 1. The summed E-state index contributed by atoms with van der Waals surface area (Å²) in [6, 6.07) is 3.77. The summed E-state index contributed by atoms with van der Waals surface area (Å²) >= 11 is 0. The quantitative estimate of drug-likeness (QED) is 0.248. The third-order valence-electron chi connectivity index (χ3n) is 5.47. The molecule has 2 aromatic carbocycles. The number of anilines is 1. The minimum atomic E-state index is -5.40. The summed E-state index contributed by atoms with van der Waals surface area (Å²) in [5.41, 5.74) is 0.682. The van der Waals surface area contributed by atoms with Crippen LogP contribution in [0.4, 0.5) is 41.2 Å². The van der Waals surface area contributed by atoms with Crippen LogP contribution >= 0.6 is 0 Å². The Bertz CT molecular complexity index is 1370. The zero-order chi connectivity index (χ0) is 30.5. The first kappa shape index (κ1) is 32.6. The number of ether oxygens (including phenoxy) is 1. The van der Waals surface area contributed by atoms with Crippen LogP contribution in [0.5, 0.6) is 5.75 Å². The highest BCUT2D eigenvalue weighted by Gasteiger charge is 2.42. The van der Waals surface area contributed by atoms with Crippen molar-refractivity contribution in [2.24, 2.45) is 10.7 Å². The zero-order valence-corrected chi connectivity index (χ0v) is 22.4. The molecule has 7 nitrogen and oxygen atoms in total. The lowest BCUT2D eigenvalue weighted by atomic mass is 9.98. The topological polar surface area (TPSA) is 109 Å². The predicted molar refractivity (Wildman–Crippen MR) is 138 cm³/mol. The molecule has 0 saturated carbocycles. The van der Waals surface area contributed by atoms with E-state index in [2.05, 4.69) is 4.99 Å². The summed E-state index contributed by atoms with van der Waals surface area (Å²) in [6.45, 7) is 4.25. The molecular weight excluding hydrogens is 569 g/mol. The van der Waals surface area contributed by atoms with Crippen molar-refractivity contribution in [3.63, 3.8) is 0 Å². The SMILES string of the molecule is CCS(=N)(=O)CCN=CC(=CN)c1cc(C(F)(F)F)cc(C(F)(F)F)c1OC(=O)N(c1ccc(F)cc1)C(C)C. The number of carbonyl (C=O) groups excluding carboxylic acids is 1. The molecule has 1 atom stereocenters. The molecule has 0 fully saturated rings. The number of hydrogen-bond donors (Lipinski definition) is 2. The Hall–Kier alpha value is -3.62. The molecular formula is C25H27F7N4O3S. The fourth-order valence-corrected chi connectivity index (χ4v) is 4.08. The van der Waals surface area contributed by atoms with Gasteiger partial charge in [-0.1, -0.05) is 6.92 Å². The third-order valence-corrected chi connectivity index (χ3v) is 7.24. The number of hydrogen-bond acceptors (Lipinski definition) is 6. The minimum Gasteiger partial charge on any atom is -0.409 e. The number of allylic oxidation sites excluding steroid dienone is 1. The fourth-order valence-electron chi connectivity index (χ4n) is 3.39. The molecule has 0 aromatic heterocycles. The van der Waals surface area contributed by atoms with Gasteiger partial charge in [0.25, 0.3) is 0 Å². The Morgan fingerprint density at radius 2 is 1.73 bits per heavy atom. The molecule has 2 aromatic rings. The van der Waals surface area contributed by atoms with Gasteiger partial charge in [-0.15, -0.1) is 0 Å². The van der Waals surface area contributed by atoms with Crippen molar-refractivity contribution >= 4 is 33.3 Å². The number of carbonyl (C=O) groups is 1. The summed E-state index contributed by atoms with van der Waals surface area (Å²) in [5, 5.41) is 0. The highest BCUT2D eigenvalue weighted by Crippen LogP contribution is 2.44. The van der Waals surface area contributed by atoms with Crippen molar-refractivity contribution in [3.8, 4) is 5.75 Å². The zero-order valence-electron chi connectivity index (χ0n) is 21.6. The summed E-state index contributed by atoms with van der Waals surface area (Å²) in [5.74, 6) is -2.11. The van der Waals surface area contributed by atoms with Crippen LogP contribution < -0.4 is 15.4 Å². The van der Waals surface area contributed by atoms with Crippen LogP contribution in [0, 0.1) is 10.6 Å². The van der Waals surface area contributed by atoms with Gasteiger partial charge in [0.15, 0.2) is 5.75 Å². The largest absolute Gasteiger partial charge is 0.420 e. The number of nitrogens with zero attached hydrogens (tertiary/aromatic N) is 2. The van der Waals surface area contributed by atoms with Gasteiger partial charge in [0.1, 0.15) is 5.82 Å². The molecule has 15 heteroatoms. The normalized spacial score (nSPS) is 14.4. The molecule has 0 saturated heterocycles. The Morgan fingerprint density at radius 3 is 2.20 bits per heavy atom. The summed E-state index contributed by atoms with van der Waals surface area (Å²) < 4.78 is 121. The molecule has 0 aliphatic carbocycles. The van der Waals surface area contributed by atoms with E-state index in [1.807, 2.05) is 0 Å². The number of halogens is 7. The standard InChI is InChI=1S/C25H27F7N4O3S/c1-4-40(34,38)10-9-35-14-16(13-33)20-11-17(24(27,28)29)12-21(25(30,31)32)22(20)39-23(37)36(15(2)3)19-7-5-18(26)6-8-19/h5-8,11-15,34H,4,9-10,33H2,1-3H3. The molecule has 0 aliphatic rings. The number of nitrogens with two attached hydrogens (primary N) is 1. The van der Waals surface area contributed by atoms with Crippen LogP contribution in [0.25, 0.3) is 5.57 Å². The lowest BCUT2D eigenvalue weighted by molar-refractivity contribution is -0.143. The molecule has 1 unspecified atom stereocenters. The molecule has 0 bridgehead atoms. The molecule has 0 heterocycles. The first-order chi connectivity index (χ1) is 18.4. The van der Waals surface area contributed by atoms with Crippen molar-refractivity contribution in [1.82, 2.24) is 0 Å². The van der Waals surface area contributed by atoms with Gasteiger partial charge in [0.2, 0.25) is 0 Å². The van der Waals surface area contributed by atoms with E-state index in [0.717, 1.165) is 23.2 Å². The van der Waals surface area contributed by atoms with Gasteiger partial charge in [0, 0.05) is 50.8 Å². The van der Waals surface area contributed by atoms with E-state index < -0.39 is 68.0 Å². The third kappa shape index (κ3) is 8.44. The van der Waals surface area contributed by atoms with Crippen LogP contribution in [0.3, 0.4) is 0 Å². The molecule has 2 rings (SSSR count). The van der Waals surface area contributed by atoms with E-state index in [-0.39, 0.29) is 29.8 Å². The number of rotatable bonds is 9. The van der Waals surface area contributed by atoms with Gasteiger partial charge in [0.05, 0.1) is 23.4 Å². The fraction of sp³-hybridized carbons (Fsp3) is 0.360. The molecule has 40 heavy (non-hydrogen) atoms. The van der Waals surface area contributed by atoms with Crippen LogP contribution in [-0.2, 0) is 22.1 Å². The smallest absolute Gasteiger partial charge is 0.409 e. The lowest BCUT2D eigenvalue weighted by Crippen LogP contribution is -2.39. The van der Waals surface area contributed by atoms with E-state index in [0.29, 0.717) is 12.3 Å². The van der Waals surface area contributed by atoms with Gasteiger partial charge in [-0.2, -0.15) is 26.3 Å². The minimum absolute atomic E-state index is 0.0190. The second kappa shape index (κ2) is 12.7. The molecule has 1 amide bonds. The summed E-state index contributed by atoms with van der Waals surface area (Å²) in [6.07, 6.45) is -10.5. The van der Waals surface area contributed by atoms with Crippen molar-refractivity contribution in [3.05, 3.63) is 65.1 Å². The Kier molecular flexibility index (Phi) is 10.3. The average molecular weight is 597 g/mol. The van der Waals surface area contributed by atoms with E-state index >= 15 is 0 Å². The number of benzene rings is 2. The second-order valence-electron chi connectivity index (χ2n) is 8.67. The van der Waals surface area contributed by atoms with E-state index in [4.69, 9.17) is 15.3 Å². The van der Waals surface area contributed by atoms with Crippen LogP contribution in [-0.4, -0.2) is 40.6 Å². The number of nitrogens with one attached hydrogen (secondary N) is 1. The van der Waals surface area contributed by atoms with Crippen LogP contribution in [0.2, 0.25) is 0 Å². The van der Waals surface area contributed by atoms with Gasteiger partial charge < -0.3 is 10.5 Å². The maximum absolute atomic E-state index is 14.1. The van der Waals surface area contributed by atoms with Crippen LogP contribution in [0.15, 0.2) is 47.6 Å².